The highest BCUT2D eigenvalue weighted by atomic mass is 16.3. The molecule has 0 fully saturated rings. The van der Waals surface area contributed by atoms with E-state index in [0.717, 1.165) is 50.0 Å². The molecule has 206 valence electrons. The first-order chi connectivity index (χ1) is 21.8. The Morgan fingerprint density at radius 3 is 1.77 bits per heavy atom. The molecule has 0 aliphatic rings. The highest BCUT2D eigenvalue weighted by Crippen LogP contribution is 2.49. The maximum absolute atomic E-state index is 7.14. The Kier molecular flexibility index (Phi) is 5.54. The second-order valence-electron chi connectivity index (χ2n) is 11.3. The van der Waals surface area contributed by atoms with Crippen LogP contribution in [0.1, 0.15) is 0 Å². The summed E-state index contributed by atoms with van der Waals surface area (Å²) < 4.78 is 7.14. The van der Waals surface area contributed by atoms with Crippen molar-refractivity contribution in [3.8, 4) is 11.1 Å². The van der Waals surface area contributed by atoms with Gasteiger partial charge < -0.3 is 9.32 Å². The van der Waals surface area contributed by atoms with Gasteiger partial charge >= 0.3 is 0 Å². The van der Waals surface area contributed by atoms with Crippen LogP contribution in [0.5, 0.6) is 0 Å². The van der Waals surface area contributed by atoms with Crippen molar-refractivity contribution in [2.75, 3.05) is 4.90 Å². The van der Waals surface area contributed by atoms with Crippen molar-refractivity contribution in [1.29, 1.82) is 0 Å². The molecule has 2 nitrogen and oxygen atoms in total. The number of benzene rings is 8. The van der Waals surface area contributed by atoms with Crippen LogP contribution >= 0.6 is 0 Å². The molecule has 9 aromatic rings. The highest BCUT2D eigenvalue weighted by molar-refractivity contribution is 6.33. The molecule has 2 heteroatoms. The fourth-order valence-corrected chi connectivity index (χ4v) is 6.84. The molecule has 0 aliphatic heterocycles. The van der Waals surface area contributed by atoms with Crippen molar-refractivity contribution in [2.24, 2.45) is 0 Å². The summed E-state index contributed by atoms with van der Waals surface area (Å²) in [5.74, 6) is 0. The highest BCUT2D eigenvalue weighted by Gasteiger charge is 2.24. The van der Waals surface area contributed by atoms with Gasteiger partial charge in [0.15, 0.2) is 5.58 Å². The van der Waals surface area contributed by atoms with Crippen molar-refractivity contribution in [3.63, 3.8) is 0 Å². The minimum absolute atomic E-state index is 0.875. The molecule has 0 spiro atoms. The fraction of sp³-hybridized carbons (Fsp3) is 0. The van der Waals surface area contributed by atoms with Gasteiger partial charge in [-0.1, -0.05) is 133 Å². The van der Waals surface area contributed by atoms with Gasteiger partial charge in [-0.25, -0.2) is 0 Å². The topological polar surface area (TPSA) is 16.4 Å². The van der Waals surface area contributed by atoms with Gasteiger partial charge in [-0.05, 0) is 68.4 Å². The van der Waals surface area contributed by atoms with E-state index in [2.05, 4.69) is 169 Å². The van der Waals surface area contributed by atoms with Crippen molar-refractivity contribution < 1.29 is 4.42 Å². The lowest BCUT2D eigenvalue weighted by Crippen LogP contribution is -2.10. The van der Waals surface area contributed by atoms with Crippen LogP contribution in [0, 0.1) is 0 Å². The van der Waals surface area contributed by atoms with E-state index in [1.54, 1.807) is 0 Å². The minimum Gasteiger partial charge on any atom is -0.453 e. The zero-order valence-electron chi connectivity index (χ0n) is 23.9. The summed E-state index contributed by atoms with van der Waals surface area (Å²) in [7, 11) is 0. The molecule has 0 unspecified atom stereocenters. The number of hydrogen-bond donors (Lipinski definition) is 0. The van der Waals surface area contributed by atoms with Crippen molar-refractivity contribution in [3.05, 3.63) is 164 Å². The van der Waals surface area contributed by atoms with E-state index in [4.69, 9.17) is 4.42 Å². The zero-order valence-corrected chi connectivity index (χ0v) is 23.9. The van der Waals surface area contributed by atoms with Gasteiger partial charge in [-0.15, -0.1) is 0 Å². The standard InChI is InChI=1S/C42H27NO/c1-3-14-29(15-4-1)33-25-26-38(43(31-17-5-2-6-18-31)32-24-23-28-13-7-8-16-30(28)27-32)42-39(33)40-36-21-11-9-19-34(36)35-20-10-12-22-37(35)41(40)44-42/h1-27H. The van der Waals surface area contributed by atoms with Crippen LogP contribution in [-0.2, 0) is 0 Å². The average molecular weight is 562 g/mol. The summed E-state index contributed by atoms with van der Waals surface area (Å²) in [6.45, 7) is 0. The Hall–Kier alpha value is -5.86. The van der Waals surface area contributed by atoms with E-state index in [0.29, 0.717) is 0 Å². The second kappa shape index (κ2) is 9.86. The van der Waals surface area contributed by atoms with E-state index >= 15 is 0 Å². The Labute approximate surface area is 255 Å². The lowest BCUT2D eigenvalue weighted by molar-refractivity contribution is 0.673. The van der Waals surface area contributed by atoms with E-state index < -0.39 is 0 Å². The molecule has 9 rings (SSSR count). The van der Waals surface area contributed by atoms with Crippen molar-refractivity contribution >= 4 is 71.3 Å². The minimum atomic E-state index is 0.875. The molecule has 1 aromatic heterocycles. The van der Waals surface area contributed by atoms with Crippen LogP contribution in [0.2, 0.25) is 0 Å². The van der Waals surface area contributed by atoms with Crippen LogP contribution in [-0.4, -0.2) is 0 Å². The molecule has 1 heterocycles. The maximum Gasteiger partial charge on any atom is 0.160 e. The van der Waals surface area contributed by atoms with Crippen LogP contribution < -0.4 is 4.90 Å². The van der Waals surface area contributed by atoms with E-state index in [9.17, 15) is 0 Å². The van der Waals surface area contributed by atoms with Gasteiger partial charge in [0.1, 0.15) is 5.58 Å². The zero-order chi connectivity index (χ0) is 29.0. The predicted molar refractivity (Wildman–Crippen MR) is 186 cm³/mol. The molecule has 44 heavy (non-hydrogen) atoms. The largest absolute Gasteiger partial charge is 0.453 e. The number of para-hydroxylation sites is 1. The van der Waals surface area contributed by atoms with Crippen LogP contribution in [0.3, 0.4) is 0 Å². The Morgan fingerprint density at radius 2 is 1.00 bits per heavy atom. The van der Waals surface area contributed by atoms with Gasteiger partial charge in [-0.3, -0.25) is 0 Å². The van der Waals surface area contributed by atoms with Crippen LogP contribution in [0.4, 0.5) is 17.1 Å². The van der Waals surface area contributed by atoms with Gasteiger partial charge in [0.05, 0.1) is 5.69 Å². The van der Waals surface area contributed by atoms with Crippen LogP contribution in [0.15, 0.2) is 168 Å². The third kappa shape index (κ3) is 3.75. The van der Waals surface area contributed by atoms with Gasteiger partial charge in [0.25, 0.3) is 0 Å². The number of furan rings is 1. The molecule has 0 N–H and O–H groups in total. The molecule has 0 aliphatic carbocycles. The summed E-state index contributed by atoms with van der Waals surface area (Å²) in [4.78, 5) is 2.33. The Morgan fingerprint density at radius 1 is 0.386 bits per heavy atom. The third-order valence-electron chi connectivity index (χ3n) is 8.81. The average Bonchev–Trinajstić information content (AvgIpc) is 3.51. The van der Waals surface area contributed by atoms with Crippen molar-refractivity contribution in [2.45, 2.75) is 0 Å². The normalized spacial score (nSPS) is 11.6. The predicted octanol–water partition coefficient (Wildman–Crippen LogP) is 12.2. The third-order valence-corrected chi connectivity index (χ3v) is 8.81. The molecule has 0 amide bonds. The molecular formula is C42H27NO. The lowest BCUT2D eigenvalue weighted by atomic mass is 9.93. The number of rotatable bonds is 4. The van der Waals surface area contributed by atoms with E-state index in [-0.39, 0.29) is 0 Å². The van der Waals surface area contributed by atoms with E-state index in [1.165, 1.54) is 32.5 Å². The van der Waals surface area contributed by atoms with Crippen LogP contribution in [0.25, 0.3) is 65.4 Å². The monoisotopic (exact) mass is 561 g/mol. The van der Waals surface area contributed by atoms with Gasteiger partial charge in [0.2, 0.25) is 0 Å². The lowest BCUT2D eigenvalue weighted by Gasteiger charge is -2.26. The first kappa shape index (κ1) is 24.7. The molecular weight excluding hydrogens is 534 g/mol. The number of fused-ring (bicyclic) bond motifs is 9. The maximum atomic E-state index is 7.14. The summed E-state index contributed by atoms with van der Waals surface area (Å²) in [6, 6.07) is 58.3. The van der Waals surface area contributed by atoms with Gasteiger partial charge in [-0.2, -0.15) is 0 Å². The Bertz CT molecular complexity index is 2490. The first-order valence-electron chi connectivity index (χ1n) is 15.0. The molecule has 8 aromatic carbocycles. The Balaban J connectivity index is 1.46. The molecule has 0 saturated carbocycles. The quantitative estimate of drug-likeness (QED) is 0.199. The van der Waals surface area contributed by atoms with E-state index in [1.807, 2.05) is 0 Å². The number of hydrogen-bond acceptors (Lipinski definition) is 2. The summed E-state index contributed by atoms with van der Waals surface area (Å²) in [5.41, 5.74) is 7.29. The smallest absolute Gasteiger partial charge is 0.160 e. The molecule has 0 saturated heterocycles. The SMILES string of the molecule is c1ccc(-c2ccc(N(c3ccccc3)c3ccc4ccccc4c3)c3oc4c5ccccc5c5ccccc5c4c23)cc1. The first-order valence-corrected chi connectivity index (χ1v) is 15.0. The summed E-state index contributed by atoms with van der Waals surface area (Å²) >= 11 is 0. The number of anilines is 3. The fourth-order valence-electron chi connectivity index (χ4n) is 6.84. The molecule has 0 bridgehead atoms. The summed E-state index contributed by atoms with van der Waals surface area (Å²) in [5, 5.41) is 9.46. The summed E-state index contributed by atoms with van der Waals surface area (Å²) in [6.07, 6.45) is 0. The van der Waals surface area contributed by atoms with Crippen molar-refractivity contribution in [1.82, 2.24) is 0 Å². The number of nitrogens with zero attached hydrogens (tertiary/aromatic N) is 1. The second-order valence-corrected chi connectivity index (χ2v) is 11.3. The molecule has 0 atom stereocenters. The van der Waals surface area contributed by atoms with Gasteiger partial charge in [0, 0.05) is 27.5 Å². The molecule has 0 radical (unpaired) electrons.